The van der Waals surface area contributed by atoms with Crippen LogP contribution in [0.2, 0.25) is 0 Å². The van der Waals surface area contributed by atoms with Gasteiger partial charge in [0.15, 0.2) is 5.95 Å². The van der Waals surface area contributed by atoms with E-state index in [4.69, 9.17) is 10.7 Å². The molecule has 2 aromatic carbocycles. The Morgan fingerprint density at radius 2 is 1.13 bits per heavy atom. The van der Waals surface area contributed by atoms with E-state index in [1.165, 1.54) is 107 Å². The highest BCUT2D eigenvalue weighted by Gasteiger charge is 2.24. The normalized spacial score (nSPS) is 19.1. The molecule has 0 amide bonds. The van der Waals surface area contributed by atoms with E-state index in [2.05, 4.69) is 76.4 Å². The molecule has 2 aliphatic heterocycles. The molecule has 2 aromatic heterocycles. The molecule has 7 nitrogen and oxygen atoms in total. The molecule has 2 N–H and O–H groups in total. The number of nitrogens with two attached hydrogens (primary N) is 1. The number of imidazole rings is 2. The average Bonchev–Trinajstić information content (AvgIpc) is 3.69. The van der Waals surface area contributed by atoms with Crippen LogP contribution in [0.5, 0.6) is 0 Å². The Kier molecular flexibility index (Phi) is 12.6. The molecule has 2 saturated carbocycles. The van der Waals surface area contributed by atoms with Gasteiger partial charge in [-0.1, -0.05) is 103 Å². The predicted octanol–water partition coefficient (Wildman–Crippen LogP) is 8.18. The number of nitrogens with zero attached hydrogens (tertiary/aromatic N) is 6. The maximum atomic E-state index is 5.82. The van der Waals surface area contributed by atoms with Gasteiger partial charge in [0.1, 0.15) is 5.82 Å². The molecule has 0 atom stereocenters. The molecule has 4 aromatic rings. The highest BCUT2D eigenvalue weighted by Crippen LogP contribution is 2.27. The summed E-state index contributed by atoms with van der Waals surface area (Å²) in [4.78, 5) is 14.1. The van der Waals surface area contributed by atoms with Crippen molar-refractivity contribution in [3.05, 3.63) is 100 Å². The molecule has 2 fully saturated rings. The number of aromatic nitrogens is 4. The van der Waals surface area contributed by atoms with Crippen LogP contribution in [0, 0.1) is 11.8 Å². The molecule has 0 unspecified atom stereocenters. The van der Waals surface area contributed by atoms with Crippen molar-refractivity contribution >= 4 is 21.9 Å². The lowest BCUT2D eigenvalue weighted by Crippen LogP contribution is -2.37. The van der Waals surface area contributed by atoms with E-state index in [0.29, 0.717) is 5.95 Å². The topological polar surface area (TPSA) is 68.1 Å². The number of nitrogen functional groups attached to an aromatic ring is 1. The Morgan fingerprint density at radius 3 is 1.68 bits per heavy atom. The second-order valence-electron chi connectivity index (χ2n) is 14.0. The minimum atomic E-state index is 0.678. The quantitative estimate of drug-likeness (QED) is 0.220. The summed E-state index contributed by atoms with van der Waals surface area (Å²) >= 11 is 3.31. The van der Waals surface area contributed by atoms with E-state index in [9.17, 15) is 0 Å². The highest BCUT2D eigenvalue weighted by atomic mass is 79.9. The van der Waals surface area contributed by atoms with Crippen LogP contribution in [-0.2, 0) is 32.6 Å². The van der Waals surface area contributed by atoms with Crippen LogP contribution >= 0.6 is 15.9 Å². The van der Waals surface area contributed by atoms with Crippen molar-refractivity contribution < 1.29 is 0 Å². The fourth-order valence-corrected chi connectivity index (χ4v) is 8.18. The Morgan fingerprint density at radius 1 is 0.617 bits per heavy atom. The number of rotatable bonds is 6. The molecule has 4 heterocycles. The van der Waals surface area contributed by atoms with Crippen LogP contribution in [0.3, 0.4) is 0 Å². The zero-order valence-corrected chi connectivity index (χ0v) is 29.7. The summed E-state index contributed by atoms with van der Waals surface area (Å²) in [5.41, 5.74) is 9.86. The van der Waals surface area contributed by atoms with Crippen molar-refractivity contribution in [2.45, 2.75) is 96.8 Å². The van der Waals surface area contributed by atoms with Crippen molar-refractivity contribution in [1.82, 2.24) is 28.9 Å². The lowest BCUT2D eigenvalue weighted by Gasteiger charge is -2.33. The predicted molar refractivity (Wildman–Crippen MR) is 196 cm³/mol. The van der Waals surface area contributed by atoms with Gasteiger partial charge >= 0.3 is 0 Å². The molecule has 47 heavy (non-hydrogen) atoms. The summed E-state index contributed by atoms with van der Waals surface area (Å²) in [6.45, 7) is 9.09. The number of hydrogen-bond acceptors (Lipinski definition) is 5. The maximum absolute atomic E-state index is 5.82. The lowest BCUT2D eigenvalue weighted by atomic mass is 9.89. The standard InChI is InChI=1S/C20H27N3.C13H22N4.C6H5Br/c1-3-7-17(8-4-1)13-20-21-14-19-16-22(11-12-23(19)20)15-18-9-5-2-6-10-18;14-13-15-8-12-10-16(6-7-17(12)13)9-11-4-2-1-3-5-11;7-6-4-2-1-3-5-6/h1,3-4,7-8,14,18H,2,5-6,9-13,15-16H2;8,11H,1-7,9-10H2,(H2,14,15);1-5H. The van der Waals surface area contributed by atoms with E-state index >= 15 is 0 Å². The first-order valence-electron chi connectivity index (χ1n) is 18.1. The third kappa shape index (κ3) is 10.0. The fourth-order valence-electron chi connectivity index (χ4n) is 7.88. The van der Waals surface area contributed by atoms with Gasteiger partial charge in [-0.25, -0.2) is 9.97 Å². The zero-order valence-electron chi connectivity index (χ0n) is 28.2. The minimum Gasteiger partial charge on any atom is -0.369 e. The molecular weight excluding hydrogens is 646 g/mol. The summed E-state index contributed by atoms with van der Waals surface area (Å²) in [7, 11) is 0. The van der Waals surface area contributed by atoms with Crippen molar-refractivity contribution in [3.8, 4) is 0 Å². The summed E-state index contributed by atoms with van der Waals surface area (Å²) in [6, 6.07) is 20.7. The van der Waals surface area contributed by atoms with E-state index in [1.54, 1.807) is 0 Å². The van der Waals surface area contributed by atoms with Gasteiger partial charge in [0.25, 0.3) is 0 Å². The molecule has 252 valence electrons. The molecule has 0 radical (unpaired) electrons. The Hall–Kier alpha value is -2.94. The van der Waals surface area contributed by atoms with E-state index < -0.39 is 0 Å². The summed E-state index contributed by atoms with van der Waals surface area (Å²) in [5.74, 6) is 3.76. The Balaban J connectivity index is 0.000000141. The third-order valence-corrected chi connectivity index (χ3v) is 11.0. The Bertz CT molecular complexity index is 1470. The molecule has 4 aliphatic rings. The van der Waals surface area contributed by atoms with Crippen molar-refractivity contribution in [2.24, 2.45) is 11.8 Å². The first-order chi connectivity index (χ1) is 23.1. The summed E-state index contributed by atoms with van der Waals surface area (Å²) in [5, 5.41) is 0. The molecule has 0 bridgehead atoms. The third-order valence-electron chi connectivity index (χ3n) is 10.5. The first-order valence-corrected chi connectivity index (χ1v) is 18.9. The van der Waals surface area contributed by atoms with Gasteiger partial charge in [-0.3, -0.25) is 9.80 Å². The summed E-state index contributed by atoms with van der Waals surface area (Å²) < 4.78 is 5.73. The number of anilines is 1. The molecule has 2 aliphatic carbocycles. The van der Waals surface area contributed by atoms with Gasteiger partial charge in [-0.15, -0.1) is 0 Å². The molecule has 8 rings (SSSR count). The molecule has 0 spiro atoms. The summed E-state index contributed by atoms with van der Waals surface area (Å²) in [6.07, 6.45) is 19.4. The maximum Gasteiger partial charge on any atom is 0.200 e. The number of benzene rings is 2. The van der Waals surface area contributed by atoms with Gasteiger partial charge in [-0.05, 0) is 55.2 Å². The van der Waals surface area contributed by atoms with Crippen molar-refractivity contribution in [1.29, 1.82) is 0 Å². The number of fused-ring (bicyclic) bond motifs is 2. The van der Waals surface area contributed by atoms with E-state index in [1.807, 2.05) is 36.5 Å². The van der Waals surface area contributed by atoms with Crippen LogP contribution < -0.4 is 5.73 Å². The van der Waals surface area contributed by atoms with Crippen molar-refractivity contribution in [3.63, 3.8) is 0 Å². The van der Waals surface area contributed by atoms with E-state index in [0.717, 1.165) is 55.5 Å². The van der Waals surface area contributed by atoms with Gasteiger partial charge in [-0.2, -0.15) is 0 Å². The minimum absolute atomic E-state index is 0.678. The monoisotopic (exact) mass is 699 g/mol. The molecule has 8 heteroatoms. The molecular formula is C39H54BrN7. The van der Waals surface area contributed by atoms with Crippen LogP contribution in [0.15, 0.2) is 77.5 Å². The van der Waals surface area contributed by atoms with E-state index in [-0.39, 0.29) is 0 Å². The Labute approximate surface area is 290 Å². The van der Waals surface area contributed by atoms with Gasteiger partial charge in [0, 0.05) is 69.4 Å². The highest BCUT2D eigenvalue weighted by molar-refractivity contribution is 9.10. The van der Waals surface area contributed by atoms with Gasteiger partial charge < -0.3 is 14.9 Å². The first kappa shape index (κ1) is 33.9. The second kappa shape index (κ2) is 17.5. The number of hydrogen-bond donors (Lipinski definition) is 1. The van der Waals surface area contributed by atoms with Gasteiger partial charge in [0.05, 0.1) is 17.6 Å². The zero-order chi connectivity index (χ0) is 32.3. The fraction of sp³-hybridized carbons (Fsp3) is 0.538. The largest absolute Gasteiger partial charge is 0.369 e. The van der Waals surface area contributed by atoms with Crippen LogP contribution in [-0.4, -0.2) is 55.1 Å². The van der Waals surface area contributed by atoms with Crippen LogP contribution in [0.1, 0.15) is 87.0 Å². The number of halogens is 1. The average molecular weight is 701 g/mol. The van der Waals surface area contributed by atoms with Crippen LogP contribution in [0.4, 0.5) is 5.95 Å². The molecule has 0 saturated heterocycles. The smallest absolute Gasteiger partial charge is 0.200 e. The lowest BCUT2D eigenvalue weighted by molar-refractivity contribution is 0.166. The SMILES string of the molecule is Brc1ccccc1.Nc1ncc2n1CCN(CC1CCCCC1)C2.c1ccc(Cc2ncc3n2CCN(CC2CCCCC2)C3)cc1. The second-order valence-corrected chi connectivity index (χ2v) is 14.9. The van der Waals surface area contributed by atoms with Gasteiger partial charge in [0.2, 0.25) is 0 Å². The van der Waals surface area contributed by atoms with Crippen LogP contribution in [0.25, 0.3) is 0 Å². The van der Waals surface area contributed by atoms with Crippen molar-refractivity contribution in [2.75, 3.05) is 31.9 Å².